The lowest BCUT2D eigenvalue weighted by Crippen LogP contribution is -2.30. The number of hydrogen-bond donors (Lipinski definition) is 1. The molecule has 2 aromatic rings. The standard InChI is InChI=1S/C14H18FN3/c1-16-13(10-12-7-8-18(2)17-12)9-11-5-3-4-6-14(11)15/h3-8,13,16H,9-10H2,1-2H3. The average molecular weight is 247 g/mol. The highest BCUT2D eigenvalue weighted by atomic mass is 19.1. The lowest BCUT2D eigenvalue weighted by atomic mass is 10.0. The number of benzene rings is 1. The number of nitrogens with zero attached hydrogens (tertiary/aromatic N) is 2. The maximum absolute atomic E-state index is 13.6. The van der Waals surface area contributed by atoms with Crippen molar-refractivity contribution < 1.29 is 4.39 Å². The van der Waals surface area contributed by atoms with Crippen molar-refractivity contribution in [3.63, 3.8) is 0 Å². The third-order valence-corrected chi connectivity index (χ3v) is 3.06. The van der Waals surface area contributed by atoms with E-state index in [1.165, 1.54) is 6.07 Å². The molecule has 0 fully saturated rings. The van der Waals surface area contributed by atoms with Crippen LogP contribution in [0.5, 0.6) is 0 Å². The van der Waals surface area contributed by atoms with Crippen molar-refractivity contribution >= 4 is 0 Å². The molecule has 1 aromatic heterocycles. The molecule has 1 N–H and O–H groups in total. The second-order valence-corrected chi connectivity index (χ2v) is 4.47. The topological polar surface area (TPSA) is 29.9 Å². The molecule has 96 valence electrons. The molecule has 4 heteroatoms. The van der Waals surface area contributed by atoms with Crippen LogP contribution < -0.4 is 5.32 Å². The molecule has 3 nitrogen and oxygen atoms in total. The van der Waals surface area contributed by atoms with Crippen molar-refractivity contribution in [2.24, 2.45) is 7.05 Å². The minimum Gasteiger partial charge on any atom is -0.316 e. The minimum atomic E-state index is -0.140. The molecule has 1 atom stereocenters. The second kappa shape index (κ2) is 5.78. The fraction of sp³-hybridized carbons (Fsp3) is 0.357. The number of rotatable bonds is 5. The maximum Gasteiger partial charge on any atom is 0.126 e. The van der Waals surface area contributed by atoms with E-state index in [1.807, 2.05) is 38.5 Å². The predicted molar refractivity (Wildman–Crippen MR) is 69.9 cm³/mol. The summed E-state index contributed by atoms with van der Waals surface area (Å²) in [6.45, 7) is 0. The normalized spacial score (nSPS) is 12.6. The van der Waals surface area contributed by atoms with E-state index in [2.05, 4.69) is 10.4 Å². The van der Waals surface area contributed by atoms with Gasteiger partial charge in [0.2, 0.25) is 0 Å². The van der Waals surface area contributed by atoms with Crippen LogP contribution in [0.4, 0.5) is 4.39 Å². The van der Waals surface area contributed by atoms with Gasteiger partial charge in [-0.25, -0.2) is 4.39 Å². The van der Waals surface area contributed by atoms with Gasteiger partial charge in [-0.05, 0) is 31.2 Å². The smallest absolute Gasteiger partial charge is 0.126 e. The van der Waals surface area contributed by atoms with E-state index in [-0.39, 0.29) is 11.9 Å². The highest BCUT2D eigenvalue weighted by Crippen LogP contribution is 2.11. The summed E-state index contributed by atoms with van der Waals surface area (Å²) in [4.78, 5) is 0. The average Bonchev–Trinajstić information content (AvgIpc) is 2.76. The highest BCUT2D eigenvalue weighted by Gasteiger charge is 2.12. The van der Waals surface area contributed by atoms with Crippen molar-refractivity contribution in [2.75, 3.05) is 7.05 Å². The summed E-state index contributed by atoms with van der Waals surface area (Å²) in [6, 6.07) is 9.10. The van der Waals surface area contributed by atoms with Gasteiger partial charge in [-0.3, -0.25) is 4.68 Å². The second-order valence-electron chi connectivity index (χ2n) is 4.47. The van der Waals surface area contributed by atoms with E-state index in [0.717, 1.165) is 17.7 Å². The fourth-order valence-electron chi connectivity index (χ4n) is 2.03. The van der Waals surface area contributed by atoms with Gasteiger partial charge in [0.25, 0.3) is 0 Å². The molecule has 18 heavy (non-hydrogen) atoms. The molecule has 0 aliphatic heterocycles. The van der Waals surface area contributed by atoms with Crippen LogP contribution in [0.25, 0.3) is 0 Å². The van der Waals surface area contributed by atoms with Gasteiger partial charge in [0.05, 0.1) is 5.69 Å². The Morgan fingerprint density at radius 1 is 1.28 bits per heavy atom. The lowest BCUT2D eigenvalue weighted by molar-refractivity contribution is 0.525. The van der Waals surface area contributed by atoms with E-state index in [1.54, 1.807) is 10.7 Å². The molecule has 1 aromatic carbocycles. The van der Waals surface area contributed by atoms with Gasteiger partial charge in [-0.2, -0.15) is 5.10 Å². The lowest BCUT2D eigenvalue weighted by Gasteiger charge is -2.15. The number of nitrogens with one attached hydrogen (secondary N) is 1. The third kappa shape index (κ3) is 3.17. The molecule has 0 aliphatic carbocycles. The summed E-state index contributed by atoms with van der Waals surface area (Å²) in [5.41, 5.74) is 1.76. The molecule has 0 saturated carbocycles. The Labute approximate surface area is 107 Å². The van der Waals surface area contributed by atoms with Crippen LogP contribution in [-0.2, 0) is 19.9 Å². The summed E-state index contributed by atoms with van der Waals surface area (Å²) < 4.78 is 15.4. The van der Waals surface area contributed by atoms with Gasteiger partial charge in [-0.15, -0.1) is 0 Å². The number of aromatic nitrogens is 2. The first-order valence-corrected chi connectivity index (χ1v) is 6.08. The van der Waals surface area contributed by atoms with Crippen molar-refractivity contribution in [1.29, 1.82) is 0 Å². The summed E-state index contributed by atoms with van der Waals surface area (Å²) in [5.74, 6) is -0.140. The van der Waals surface area contributed by atoms with Gasteiger partial charge in [0, 0.05) is 25.7 Å². The van der Waals surface area contributed by atoms with E-state index < -0.39 is 0 Å². The Morgan fingerprint density at radius 3 is 2.67 bits per heavy atom. The number of hydrogen-bond acceptors (Lipinski definition) is 2. The van der Waals surface area contributed by atoms with Crippen molar-refractivity contribution in [2.45, 2.75) is 18.9 Å². The van der Waals surface area contributed by atoms with Gasteiger partial charge in [0.1, 0.15) is 5.82 Å². The first-order chi connectivity index (χ1) is 8.69. The quantitative estimate of drug-likeness (QED) is 0.875. The first-order valence-electron chi connectivity index (χ1n) is 6.08. The Bertz CT molecular complexity index is 507. The fourth-order valence-corrected chi connectivity index (χ4v) is 2.03. The monoisotopic (exact) mass is 247 g/mol. The summed E-state index contributed by atoms with van der Waals surface area (Å²) in [6.07, 6.45) is 3.39. The molecule has 1 unspecified atom stereocenters. The van der Waals surface area contributed by atoms with Gasteiger partial charge >= 0.3 is 0 Å². The highest BCUT2D eigenvalue weighted by molar-refractivity contribution is 5.19. The van der Waals surface area contributed by atoms with Gasteiger partial charge in [0.15, 0.2) is 0 Å². The molecule has 0 bridgehead atoms. The molecule has 0 aliphatic rings. The molecular formula is C14H18FN3. The number of likely N-dealkylation sites (N-methyl/N-ethyl adjacent to an activating group) is 1. The predicted octanol–water partition coefficient (Wildman–Crippen LogP) is 1.93. The Hall–Kier alpha value is -1.68. The third-order valence-electron chi connectivity index (χ3n) is 3.06. The van der Waals surface area contributed by atoms with Crippen molar-refractivity contribution in [3.8, 4) is 0 Å². The zero-order valence-corrected chi connectivity index (χ0v) is 10.7. The van der Waals surface area contributed by atoms with E-state index in [4.69, 9.17) is 0 Å². The number of halogens is 1. The van der Waals surface area contributed by atoms with Crippen molar-refractivity contribution in [3.05, 3.63) is 53.6 Å². The minimum absolute atomic E-state index is 0.140. The van der Waals surface area contributed by atoms with E-state index >= 15 is 0 Å². The molecule has 0 saturated heterocycles. The van der Waals surface area contributed by atoms with Crippen LogP contribution in [0.15, 0.2) is 36.5 Å². The molecule has 0 radical (unpaired) electrons. The molecule has 0 amide bonds. The molecule has 1 heterocycles. The van der Waals surface area contributed by atoms with Crippen LogP contribution in [-0.4, -0.2) is 22.9 Å². The van der Waals surface area contributed by atoms with Crippen LogP contribution in [0.2, 0.25) is 0 Å². The SMILES string of the molecule is CNC(Cc1ccn(C)n1)Cc1ccccc1F. The Balaban J connectivity index is 2.04. The van der Waals surface area contributed by atoms with Crippen LogP contribution in [0.1, 0.15) is 11.3 Å². The zero-order valence-electron chi connectivity index (χ0n) is 10.7. The van der Waals surface area contributed by atoms with E-state index in [9.17, 15) is 4.39 Å². The molecule has 2 rings (SSSR count). The summed E-state index contributed by atoms with van der Waals surface area (Å²) in [5, 5.41) is 7.56. The van der Waals surface area contributed by atoms with Crippen LogP contribution >= 0.6 is 0 Å². The van der Waals surface area contributed by atoms with Gasteiger partial charge in [-0.1, -0.05) is 18.2 Å². The van der Waals surface area contributed by atoms with Gasteiger partial charge < -0.3 is 5.32 Å². The Kier molecular flexibility index (Phi) is 4.10. The maximum atomic E-state index is 13.6. The Morgan fingerprint density at radius 2 is 2.06 bits per heavy atom. The van der Waals surface area contributed by atoms with Crippen LogP contribution in [0, 0.1) is 5.82 Å². The summed E-state index contributed by atoms with van der Waals surface area (Å²) >= 11 is 0. The first kappa shape index (κ1) is 12.8. The van der Waals surface area contributed by atoms with Crippen molar-refractivity contribution in [1.82, 2.24) is 15.1 Å². The van der Waals surface area contributed by atoms with E-state index in [0.29, 0.717) is 6.42 Å². The molecular weight excluding hydrogens is 229 g/mol. The molecule has 0 spiro atoms. The summed E-state index contributed by atoms with van der Waals surface area (Å²) in [7, 11) is 3.79. The van der Waals surface area contributed by atoms with Crippen LogP contribution in [0.3, 0.4) is 0 Å². The zero-order chi connectivity index (χ0) is 13.0. The largest absolute Gasteiger partial charge is 0.316 e. The number of aryl methyl sites for hydroxylation is 1.